The van der Waals surface area contributed by atoms with Crippen LogP contribution >= 0.6 is 31.9 Å². The fraction of sp³-hybridized carbons (Fsp3) is 0.533. The first-order valence-corrected chi connectivity index (χ1v) is 8.54. The fourth-order valence-electron chi connectivity index (χ4n) is 2.52. The Bertz CT molecular complexity index is 436. The quantitative estimate of drug-likeness (QED) is 0.610. The van der Waals surface area contributed by atoms with E-state index in [-0.39, 0.29) is 11.9 Å². The first kappa shape index (κ1) is 15.0. The van der Waals surface area contributed by atoms with Crippen molar-refractivity contribution in [1.82, 2.24) is 5.32 Å². The maximum atomic E-state index is 12.1. The van der Waals surface area contributed by atoms with E-state index in [1.165, 1.54) is 19.3 Å². The Kier molecular flexibility index (Phi) is 5.89. The van der Waals surface area contributed by atoms with Crippen LogP contribution in [0.2, 0.25) is 0 Å². The molecular formula is C15H19Br2NO. The van der Waals surface area contributed by atoms with Gasteiger partial charge >= 0.3 is 0 Å². The van der Waals surface area contributed by atoms with Gasteiger partial charge in [0.1, 0.15) is 0 Å². The van der Waals surface area contributed by atoms with Crippen LogP contribution in [0.15, 0.2) is 28.7 Å². The Labute approximate surface area is 131 Å². The molecule has 2 atom stereocenters. The van der Waals surface area contributed by atoms with Crippen LogP contribution in [0.4, 0.5) is 0 Å². The minimum absolute atomic E-state index is 0.120. The second-order valence-corrected chi connectivity index (χ2v) is 7.23. The molecule has 19 heavy (non-hydrogen) atoms. The van der Waals surface area contributed by atoms with Gasteiger partial charge in [-0.1, -0.05) is 63.3 Å². The van der Waals surface area contributed by atoms with Crippen molar-refractivity contribution in [3.63, 3.8) is 0 Å². The first-order chi connectivity index (χ1) is 9.15. The molecule has 1 aliphatic carbocycles. The van der Waals surface area contributed by atoms with Gasteiger partial charge in [0, 0.05) is 15.3 Å². The van der Waals surface area contributed by atoms with E-state index in [9.17, 15) is 4.79 Å². The predicted octanol–water partition coefficient (Wildman–Crippen LogP) is 4.20. The van der Waals surface area contributed by atoms with E-state index in [0.717, 1.165) is 22.9 Å². The number of rotatable bonds is 3. The summed E-state index contributed by atoms with van der Waals surface area (Å²) >= 11 is 7.14. The smallest absolute Gasteiger partial charge is 0.224 e. The molecule has 0 saturated heterocycles. The van der Waals surface area contributed by atoms with Gasteiger partial charge in [0.25, 0.3) is 0 Å². The Morgan fingerprint density at radius 1 is 1.26 bits per heavy atom. The summed E-state index contributed by atoms with van der Waals surface area (Å²) in [5.74, 6) is 0.120. The Morgan fingerprint density at radius 3 is 2.84 bits per heavy atom. The molecule has 1 aromatic rings. The number of carbonyl (C=O) groups excluding carboxylic acids is 1. The third-order valence-corrected chi connectivity index (χ3v) is 5.12. The van der Waals surface area contributed by atoms with Crippen LogP contribution in [0, 0.1) is 0 Å². The predicted molar refractivity (Wildman–Crippen MR) is 85.6 cm³/mol. The number of halogens is 2. The summed E-state index contributed by atoms with van der Waals surface area (Å²) in [5, 5.41) is 3.18. The van der Waals surface area contributed by atoms with Gasteiger partial charge in [-0.2, -0.15) is 0 Å². The molecule has 2 rings (SSSR count). The monoisotopic (exact) mass is 387 g/mol. The molecule has 104 valence electrons. The van der Waals surface area contributed by atoms with E-state index in [1.54, 1.807) is 0 Å². The number of nitrogens with one attached hydrogen (secondary N) is 1. The van der Waals surface area contributed by atoms with Gasteiger partial charge in [0.05, 0.1) is 6.42 Å². The van der Waals surface area contributed by atoms with E-state index in [0.29, 0.717) is 11.2 Å². The van der Waals surface area contributed by atoms with Crippen LogP contribution in [0.5, 0.6) is 0 Å². The van der Waals surface area contributed by atoms with Crippen LogP contribution in [0.25, 0.3) is 0 Å². The minimum atomic E-state index is 0.120. The zero-order valence-electron chi connectivity index (χ0n) is 10.9. The molecule has 1 aromatic carbocycles. The van der Waals surface area contributed by atoms with Crippen molar-refractivity contribution in [2.75, 3.05) is 0 Å². The lowest BCUT2D eigenvalue weighted by Crippen LogP contribution is -2.41. The van der Waals surface area contributed by atoms with Crippen molar-refractivity contribution in [1.29, 1.82) is 0 Å². The molecule has 4 heteroatoms. The fourth-order valence-corrected chi connectivity index (χ4v) is 3.68. The van der Waals surface area contributed by atoms with Crippen molar-refractivity contribution in [2.45, 2.75) is 49.4 Å². The zero-order valence-corrected chi connectivity index (χ0v) is 14.0. The minimum Gasteiger partial charge on any atom is -0.352 e. The number of alkyl halides is 1. The average molecular weight is 389 g/mol. The summed E-state index contributed by atoms with van der Waals surface area (Å²) in [5.41, 5.74) is 1.05. The van der Waals surface area contributed by atoms with Crippen molar-refractivity contribution < 1.29 is 4.79 Å². The number of benzene rings is 1. The van der Waals surface area contributed by atoms with E-state index < -0.39 is 0 Å². The highest BCUT2D eigenvalue weighted by atomic mass is 79.9. The molecule has 2 nitrogen and oxygen atoms in total. The van der Waals surface area contributed by atoms with Crippen LogP contribution in [-0.4, -0.2) is 16.8 Å². The molecule has 0 bridgehead atoms. The summed E-state index contributed by atoms with van der Waals surface area (Å²) in [6.45, 7) is 0. The Morgan fingerprint density at radius 2 is 2.05 bits per heavy atom. The first-order valence-electron chi connectivity index (χ1n) is 6.83. The number of hydrogen-bond donors (Lipinski definition) is 1. The molecule has 1 fully saturated rings. The topological polar surface area (TPSA) is 29.1 Å². The van der Waals surface area contributed by atoms with Crippen LogP contribution in [0.3, 0.4) is 0 Å². The Balaban J connectivity index is 1.89. The van der Waals surface area contributed by atoms with Gasteiger partial charge in [-0.05, 0) is 30.5 Å². The van der Waals surface area contributed by atoms with E-state index in [2.05, 4.69) is 37.2 Å². The average Bonchev–Trinajstić information content (AvgIpc) is 2.55. The van der Waals surface area contributed by atoms with Gasteiger partial charge < -0.3 is 5.32 Å². The summed E-state index contributed by atoms with van der Waals surface area (Å²) in [6, 6.07) is 8.20. The molecule has 0 aromatic heterocycles. The lowest BCUT2D eigenvalue weighted by atomic mass is 10.1. The Hall–Kier alpha value is -0.350. The molecule has 0 radical (unpaired) electrons. The van der Waals surface area contributed by atoms with Crippen molar-refractivity contribution in [3.05, 3.63) is 34.3 Å². The lowest BCUT2D eigenvalue weighted by molar-refractivity contribution is -0.121. The second-order valence-electron chi connectivity index (χ2n) is 5.13. The van der Waals surface area contributed by atoms with E-state index in [4.69, 9.17) is 0 Å². The molecule has 1 amide bonds. The van der Waals surface area contributed by atoms with Crippen LogP contribution < -0.4 is 5.32 Å². The van der Waals surface area contributed by atoms with Gasteiger partial charge in [-0.15, -0.1) is 0 Å². The maximum absolute atomic E-state index is 12.1. The molecule has 0 spiro atoms. The summed E-state index contributed by atoms with van der Waals surface area (Å²) in [4.78, 5) is 12.5. The lowest BCUT2D eigenvalue weighted by Gasteiger charge is -2.21. The number of carbonyl (C=O) groups is 1. The zero-order chi connectivity index (χ0) is 13.7. The van der Waals surface area contributed by atoms with Crippen molar-refractivity contribution >= 4 is 37.8 Å². The van der Waals surface area contributed by atoms with Crippen molar-refractivity contribution in [3.8, 4) is 0 Å². The normalized spacial score (nSPS) is 23.7. The summed E-state index contributed by atoms with van der Waals surface area (Å²) in [7, 11) is 0. The molecular weight excluding hydrogens is 370 g/mol. The van der Waals surface area contributed by atoms with E-state index in [1.807, 2.05) is 24.3 Å². The highest BCUT2D eigenvalue weighted by Gasteiger charge is 2.22. The van der Waals surface area contributed by atoms with E-state index >= 15 is 0 Å². The molecule has 2 unspecified atom stereocenters. The van der Waals surface area contributed by atoms with Gasteiger partial charge in [-0.3, -0.25) is 4.79 Å². The molecule has 1 saturated carbocycles. The molecule has 0 aliphatic heterocycles. The highest BCUT2D eigenvalue weighted by molar-refractivity contribution is 9.10. The number of hydrogen-bond acceptors (Lipinski definition) is 1. The van der Waals surface area contributed by atoms with Crippen LogP contribution in [-0.2, 0) is 11.2 Å². The van der Waals surface area contributed by atoms with Gasteiger partial charge in [0.2, 0.25) is 5.91 Å². The third kappa shape index (κ3) is 4.92. The van der Waals surface area contributed by atoms with Gasteiger partial charge in [0.15, 0.2) is 0 Å². The SMILES string of the molecule is O=C(Cc1cccc(Br)c1)NC1CCCCCC1Br. The van der Waals surface area contributed by atoms with Gasteiger partial charge in [-0.25, -0.2) is 0 Å². The largest absolute Gasteiger partial charge is 0.352 e. The van der Waals surface area contributed by atoms with Crippen LogP contribution in [0.1, 0.15) is 37.7 Å². The number of amides is 1. The standard InChI is InChI=1S/C15H19Br2NO/c16-12-6-4-5-11(9-12)10-15(19)18-14-8-3-1-2-7-13(14)17/h4-6,9,13-14H,1-3,7-8,10H2,(H,18,19). The molecule has 1 N–H and O–H groups in total. The second kappa shape index (κ2) is 7.44. The molecule has 1 aliphatic rings. The molecule has 0 heterocycles. The summed E-state index contributed by atoms with van der Waals surface area (Å²) < 4.78 is 1.02. The highest BCUT2D eigenvalue weighted by Crippen LogP contribution is 2.23. The van der Waals surface area contributed by atoms with Crippen molar-refractivity contribution in [2.24, 2.45) is 0 Å². The third-order valence-electron chi connectivity index (χ3n) is 3.53. The maximum Gasteiger partial charge on any atom is 0.224 e. The summed E-state index contributed by atoms with van der Waals surface area (Å²) in [6.07, 6.45) is 6.44.